The first-order chi connectivity index (χ1) is 14.6. The Kier molecular flexibility index (Phi) is 6.56. The number of carbonyl (C=O) groups is 1. The molecule has 166 valence electrons. The van der Waals surface area contributed by atoms with Gasteiger partial charge in [0.25, 0.3) is 11.6 Å². The van der Waals surface area contributed by atoms with E-state index in [-0.39, 0.29) is 27.5 Å². The van der Waals surface area contributed by atoms with E-state index < -0.39 is 32.4 Å². The van der Waals surface area contributed by atoms with Crippen molar-refractivity contribution >= 4 is 27.3 Å². The van der Waals surface area contributed by atoms with Crippen molar-refractivity contribution in [3.8, 4) is 5.75 Å². The number of hydrogen-bond donors (Lipinski definition) is 1. The molecule has 9 nitrogen and oxygen atoms in total. The molecule has 0 atom stereocenters. The highest BCUT2D eigenvalue weighted by molar-refractivity contribution is 7.89. The molecule has 0 spiro atoms. The van der Waals surface area contributed by atoms with Crippen LogP contribution in [0.3, 0.4) is 0 Å². The van der Waals surface area contributed by atoms with Crippen molar-refractivity contribution < 1.29 is 27.3 Å². The summed E-state index contributed by atoms with van der Waals surface area (Å²) in [7, 11) is -2.51. The molecule has 3 rings (SSSR count). The Morgan fingerprint density at radius 1 is 1.19 bits per heavy atom. The molecule has 0 bridgehead atoms. The standard InChI is InChI=1S/C20H22FN3O6S/c1-13-16(21)10-14(11-17(13)24(26)27)20(25)22-15-6-7-18(30-2)19(12-15)31(28,29)23-8-4-3-5-9-23/h6-7,10-12H,3-5,8-9H2,1-2H3,(H,22,25). The highest BCUT2D eigenvalue weighted by Crippen LogP contribution is 2.31. The van der Waals surface area contributed by atoms with E-state index in [0.29, 0.717) is 13.1 Å². The van der Waals surface area contributed by atoms with Crippen molar-refractivity contribution in [2.24, 2.45) is 0 Å². The first kappa shape index (κ1) is 22.6. The van der Waals surface area contributed by atoms with Crippen LogP contribution < -0.4 is 10.1 Å². The van der Waals surface area contributed by atoms with Gasteiger partial charge in [0.2, 0.25) is 10.0 Å². The number of anilines is 1. The third kappa shape index (κ3) is 4.67. The van der Waals surface area contributed by atoms with E-state index in [4.69, 9.17) is 4.74 Å². The van der Waals surface area contributed by atoms with Crippen molar-refractivity contribution in [2.75, 3.05) is 25.5 Å². The summed E-state index contributed by atoms with van der Waals surface area (Å²) in [6.07, 6.45) is 2.48. The fourth-order valence-corrected chi connectivity index (χ4v) is 5.09. The second-order valence-electron chi connectivity index (χ2n) is 7.14. The summed E-state index contributed by atoms with van der Waals surface area (Å²) in [5.41, 5.74) is -0.828. The number of hydrogen-bond acceptors (Lipinski definition) is 6. The molecule has 0 aromatic heterocycles. The van der Waals surface area contributed by atoms with Gasteiger partial charge < -0.3 is 10.1 Å². The third-order valence-corrected chi connectivity index (χ3v) is 7.05. The Balaban J connectivity index is 1.93. The monoisotopic (exact) mass is 451 g/mol. The molecule has 1 fully saturated rings. The Labute approximate surface area is 179 Å². The number of nitro groups is 1. The van der Waals surface area contributed by atoms with Crippen molar-refractivity contribution in [3.63, 3.8) is 0 Å². The van der Waals surface area contributed by atoms with E-state index in [9.17, 15) is 27.7 Å². The third-order valence-electron chi connectivity index (χ3n) is 5.13. The molecule has 2 aromatic rings. The summed E-state index contributed by atoms with van der Waals surface area (Å²) < 4.78 is 46.8. The highest BCUT2D eigenvalue weighted by Gasteiger charge is 2.29. The Hall–Kier alpha value is -3.05. The number of rotatable bonds is 6. The topological polar surface area (TPSA) is 119 Å². The van der Waals surface area contributed by atoms with E-state index in [2.05, 4.69) is 5.32 Å². The van der Waals surface area contributed by atoms with Gasteiger partial charge in [0.15, 0.2) is 0 Å². The first-order valence-corrected chi connectivity index (χ1v) is 11.0. The van der Waals surface area contributed by atoms with E-state index in [1.54, 1.807) is 0 Å². The Morgan fingerprint density at radius 2 is 1.87 bits per heavy atom. The Bertz CT molecular complexity index is 1130. The van der Waals surface area contributed by atoms with Gasteiger partial charge >= 0.3 is 0 Å². The van der Waals surface area contributed by atoms with Gasteiger partial charge in [0, 0.05) is 30.4 Å². The lowest BCUT2D eigenvalue weighted by Crippen LogP contribution is -2.35. The number of piperidine rings is 1. The average molecular weight is 451 g/mol. The minimum atomic E-state index is -3.85. The van der Waals surface area contributed by atoms with Crippen LogP contribution in [-0.4, -0.2) is 43.8 Å². The quantitative estimate of drug-likeness (QED) is 0.531. The van der Waals surface area contributed by atoms with Crippen LogP contribution in [0.25, 0.3) is 0 Å². The number of nitrogens with zero attached hydrogens (tertiary/aromatic N) is 2. The van der Waals surface area contributed by atoms with Gasteiger partial charge in [-0.15, -0.1) is 0 Å². The van der Waals surface area contributed by atoms with Gasteiger partial charge in [0.05, 0.1) is 17.6 Å². The zero-order chi connectivity index (χ0) is 22.8. The molecule has 0 saturated carbocycles. The van der Waals surface area contributed by atoms with Crippen LogP contribution in [0.5, 0.6) is 5.75 Å². The predicted molar refractivity (Wildman–Crippen MR) is 111 cm³/mol. The van der Waals surface area contributed by atoms with Crippen LogP contribution >= 0.6 is 0 Å². The molecule has 0 aliphatic carbocycles. The second kappa shape index (κ2) is 8.98. The van der Waals surface area contributed by atoms with Crippen molar-refractivity contribution in [3.05, 3.63) is 57.4 Å². The number of benzene rings is 2. The van der Waals surface area contributed by atoms with Crippen molar-refractivity contribution in [1.29, 1.82) is 0 Å². The molecular weight excluding hydrogens is 429 g/mol. The van der Waals surface area contributed by atoms with E-state index >= 15 is 0 Å². The van der Waals surface area contributed by atoms with E-state index in [1.165, 1.54) is 36.5 Å². The molecule has 0 radical (unpaired) electrons. The van der Waals surface area contributed by atoms with Crippen LogP contribution in [0.2, 0.25) is 0 Å². The zero-order valence-corrected chi connectivity index (χ0v) is 17.9. The number of nitro benzene ring substituents is 1. The van der Waals surface area contributed by atoms with Gasteiger partial charge in [-0.05, 0) is 44.0 Å². The molecular formula is C20H22FN3O6S. The molecule has 1 saturated heterocycles. The summed E-state index contributed by atoms with van der Waals surface area (Å²) in [4.78, 5) is 22.8. The minimum Gasteiger partial charge on any atom is -0.495 e. The smallest absolute Gasteiger partial charge is 0.276 e. The van der Waals surface area contributed by atoms with Crippen LogP contribution in [0.1, 0.15) is 35.2 Å². The molecule has 1 amide bonds. The average Bonchev–Trinajstić information content (AvgIpc) is 2.75. The molecule has 31 heavy (non-hydrogen) atoms. The molecule has 1 heterocycles. The first-order valence-electron chi connectivity index (χ1n) is 9.59. The number of carbonyl (C=O) groups excluding carboxylic acids is 1. The number of halogens is 1. The summed E-state index contributed by atoms with van der Waals surface area (Å²) in [5.74, 6) is -1.57. The van der Waals surface area contributed by atoms with Crippen molar-refractivity contribution in [2.45, 2.75) is 31.1 Å². The maximum absolute atomic E-state index is 14.0. The molecule has 2 aromatic carbocycles. The highest BCUT2D eigenvalue weighted by atomic mass is 32.2. The van der Waals surface area contributed by atoms with Crippen LogP contribution in [0, 0.1) is 22.9 Å². The summed E-state index contributed by atoms with van der Waals surface area (Å²) in [6, 6.07) is 5.98. The molecule has 1 aliphatic rings. The number of ether oxygens (including phenoxy) is 1. The van der Waals surface area contributed by atoms with E-state index in [1.807, 2.05) is 0 Å². The lowest BCUT2D eigenvalue weighted by atomic mass is 10.1. The fraction of sp³-hybridized carbons (Fsp3) is 0.350. The molecule has 0 unspecified atom stereocenters. The second-order valence-corrected chi connectivity index (χ2v) is 9.05. The lowest BCUT2D eigenvalue weighted by Gasteiger charge is -2.26. The molecule has 1 N–H and O–H groups in total. The Morgan fingerprint density at radius 3 is 2.48 bits per heavy atom. The molecule has 11 heteroatoms. The number of methoxy groups -OCH3 is 1. The van der Waals surface area contributed by atoms with Gasteiger partial charge in [-0.1, -0.05) is 6.42 Å². The number of amides is 1. The number of nitrogens with one attached hydrogen (secondary N) is 1. The van der Waals surface area contributed by atoms with Crippen LogP contribution in [-0.2, 0) is 10.0 Å². The van der Waals surface area contributed by atoms with E-state index in [0.717, 1.165) is 31.4 Å². The normalized spacial score (nSPS) is 14.8. The van der Waals surface area contributed by atoms with Crippen LogP contribution in [0.15, 0.2) is 35.2 Å². The largest absolute Gasteiger partial charge is 0.495 e. The summed E-state index contributed by atoms with van der Waals surface area (Å²) >= 11 is 0. The zero-order valence-electron chi connectivity index (χ0n) is 17.1. The van der Waals surface area contributed by atoms with Crippen LogP contribution in [0.4, 0.5) is 15.8 Å². The SMILES string of the molecule is COc1ccc(NC(=O)c2cc(F)c(C)c([N+](=O)[O-])c2)cc1S(=O)(=O)N1CCCCC1. The maximum Gasteiger partial charge on any atom is 0.276 e. The lowest BCUT2D eigenvalue weighted by molar-refractivity contribution is -0.385. The summed E-state index contributed by atoms with van der Waals surface area (Å²) in [5, 5.41) is 13.6. The van der Waals surface area contributed by atoms with Gasteiger partial charge in [-0.25, -0.2) is 12.8 Å². The fourth-order valence-electron chi connectivity index (χ4n) is 3.39. The van der Waals surface area contributed by atoms with Crippen molar-refractivity contribution in [1.82, 2.24) is 4.31 Å². The minimum absolute atomic E-state index is 0.101. The summed E-state index contributed by atoms with van der Waals surface area (Å²) in [6.45, 7) is 2.04. The predicted octanol–water partition coefficient (Wildman–Crippen LogP) is 3.48. The molecule has 1 aliphatic heterocycles. The number of sulfonamides is 1. The maximum atomic E-state index is 14.0. The van der Waals surface area contributed by atoms with Gasteiger partial charge in [0.1, 0.15) is 16.5 Å². The van der Waals surface area contributed by atoms with Gasteiger partial charge in [-0.3, -0.25) is 14.9 Å². The van der Waals surface area contributed by atoms with Gasteiger partial charge in [-0.2, -0.15) is 4.31 Å².